The molecule has 0 aliphatic heterocycles. The van der Waals surface area contributed by atoms with E-state index in [1.54, 1.807) is 0 Å². The third-order valence-corrected chi connectivity index (χ3v) is 3.02. The number of hydrogen-bond acceptors (Lipinski definition) is 4. The van der Waals surface area contributed by atoms with Gasteiger partial charge in [-0.1, -0.05) is 13.8 Å². The smallest absolute Gasteiger partial charge is 0.161 e. The molecule has 0 spiro atoms. The molecule has 20 heavy (non-hydrogen) atoms. The third kappa shape index (κ3) is 3.26. The zero-order valence-corrected chi connectivity index (χ0v) is 12.5. The van der Waals surface area contributed by atoms with E-state index in [0.717, 1.165) is 28.6 Å². The minimum absolute atomic E-state index is 0.367. The van der Waals surface area contributed by atoms with Crippen LogP contribution in [0.3, 0.4) is 0 Å². The van der Waals surface area contributed by atoms with Crippen molar-refractivity contribution in [1.82, 2.24) is 9.97 Å². The molecule has 0 unspecified atom stereocenters. The summed E-state index contributed by atoms with van der Waals surface area (Å²) >= 11 is 0. The van der Waals surface area contributed by atoms with E-state index in [-0.39, 0.29) is 0 Å². The second kappa shape index (κ2) is 6.37. The Hall–Kier alpha value is -2.10. The molecule has 0 fully saturated rings. The van der Waals surface area contributed by atoms with E-state index in [1.165, 1.54) is 0 Å². The van der Waals surface area contributed by atoms with Crippen molar-refractivity contribution in [1.29, 1.82) is 0 Å². The summed E-state index contributed by atoms with van der Waals surface area (Å²) in [6, 6.07) is 9.86. The third-order valence-electron chi connectivity index (χ3n) is 3.02. The van der Waals surface area contributed by atoms with Crippen LogP contribution >= 0.6 is 0 Å². The summed E-state index contributed by atoms with van der Waals surface area (Å²) in [4.78, 5) is 9.15. The maximum absolute atomic E-state index is 5.45. The lowest BCUT2D eigenvalue weighted by molar-refractivity contribution is 0.340. The fraction of sp³-hybridized carbons (Fsp3) is 0.375. The van der Waals surface area contributed by atoms with Gasteiger partial charge in [-0.05, 0) is 37.1 Å². The standard InChI is InChI=1S/C16H21N3O/c1-5-20-13-8-6-12(7-9-13)16-18-14(11(2)3)10-15(17-4)19-16/h6-11H,5H2,1-4H3,(H,17,18,19). The van der Waals surface area contributed by atoms with Crippen LogP contribution in [0.1, 0.15) is 32.4 Å². The van der Waals surface area contributed by atoms with Crippen LogP contribution in [-0.2, 0) is 0 Å². The highest BCUT2D eigenvalue weighted by Gasteiger charge is 2.09. The van der Waals surface area contributed by atoms with Crippen LogP contribution in [0.2, 0.25) is 0 Å². The number of rotatable bonds is 5. The maximum atomic E-state index is 5.45. The molecule has 0 saturated heterocycles. The van der Waals surface area contributed by atoms with E-state index < -0.39 is 0 Å². The number of nitrogens with zero attached hydrogens (tertiary/aromatic N) is 2. The van der Waals surface area contributed by atoms with Crippen molar-refractivity contribution >= 4 is 5.82 Å². The van der Waals surface area contributed by atoms with Crippen molar-refractivity contribution in [3.63, 3.8) is 0 Å². The van der Waals surface area contributed by atoms with E-state index in [0.29, 0.717) is 12.5 Å². The van der Waals surface area contributed by atoms with Gasteiger partial charge in [-0.2, -0.15) is 0 Å². The SMILES string of the molecule is CCOc1ccc(-c2nc(NC)cc(C(C)C)n2)cc1. The molecule has 1 heterocycles. The monoisotopic (exact) mass is 271 g/mol. The minimum atomic E-state index is 0.367. The molecule has 0 aliphatic carbocycles. The van der Waals surface area contributed by atoms with Gasteiger partial charge in [-0.3, -0.25) is 0 Å². The molecule has 106 valence electrons. The minimum Gasteiger partial charge on any atom is -0.494 e. The number of anilines is 1. The molecule has 4 nitrogen and oxygen atoms in total. The van der Waals surface area contributed by atoms with Crippen molar-refractivity contribution in [2.45, 2.75) is 26.7 Å². The molecule has 0 bridgehead atoms. The van der Waals surface area contributed by atoms with Crippen molar-refractivity contribution < 1.29 is 4.74 Å². The zero-order valence-electron chi connectivity index (χ0n) is 12.5. The van der Waals surface area contributed by atoms with Gasteiger partial charge in [0.05, 0.1) is 6.61 Å². The van der Waals surface area contributed by atoms with Crippen LogP contribution in [0, 0.1) is 0 Å². The van der Waals surface area contributed by atoms with Gasteiger partial charge in [0, 0.05) is 24.4 Å². The number of nitrogens with one attached hydrogen (secondary N) is 1. The van der Waals surface area contributed by atoms with Crippen LogP contribution in [0.5, 0.6) is 5.75 Å². The number of aromatic nitrogens is 2. The van der Waals surface area contributed by atoms with E-state index in [2.05, 4.69) is 29.1 Å². The molecule has 1 N–H and O–H groups in total. The van der Waals surface area contributed by atoms with Gasteiger partial charge in [0.1, 0.15) is 11.6 Å². The number of benzene rings is 1. The second-order valence-corrected chi connectivity index (χ2v) is 4.86. The van der Waals surface area contributed by atoms with Gasteiger partial charge in [0.2, 0.25) is 0 Å². The van der Waals surface area contributed by atoms with Crippen molar-refractivity contribution in [2.24, 2.45) is 0 Å². The highest BCUT2D eigenvalue weighted by molar-refractivity contribution is 5.58. The summed E-state index contributed by atoms with van der Waals surface area (Å²) in [5, 5.41) is 3.09. The zero-order chi connectivity index (χ0) is 14.5. The highest BCUT2D eigenvalue weighted by Crippen LogP contribution is 2.23. The summed E-state index contributed by atoms with van der Waals surface area (Å²) in [5.41, 5.74) is 2.03. The molecule has 0 aliphatic rings. The van der Waals surface area contributed by atoms with Crippen molar-refractivity contribution in [2.75, 3.05) is 19.0 Å². The van der Waals surface area contributed by atoms with Gasteiger partial charge >= 0.3 is 0 Å². The Labute approximate surface area is 120 Å². The Morgan fingerprint density at radius 2 is 1.85 bits per heavy atom. The lowest BCUT2D eigenvalue weighted by Gasteiger charge is -2.10. The van der Waals surface area contributed by atoms with Gasteiger partial charge < -0.3 is 10.1 Å². The predicted molar refractivity (Wildman–Crippen MR) is 82.3 cm³/mol. The van der Waals surface area contributed by atoms with Gasteiger partial charge in [0.15, 0.2) is 5.82 Å². The molecule has 0 saturated carbocycles. The summed E-state index contributed by atoms with van der Waals surface area (Å²) < 4.78 is 5.45. The van der Waals surface area contributed by atoms with Gasteiger partial charge in [0.25, 0.3) is 0 Å². The molecular weight excluding hydrogens is 250 g/mol. The fourth-order valence-electron chi connectivity index (χ4n) is 1.89. The maximum Gasteiger partial charge on any atom is 0.161 e. The van der Waals surface area contributed by atoms with Crippen LogP contribution in [0.4, 0.5) is 5.82 Å². The number of hydrogen-bond donors (Lipinski definition) is 1. The quantitative estimate of drug-likeness (QED) is 0.900. The normalized spacial score (nSPS) is 10.7. The van der Waals surface area contributed by atoms with Crippen molar-refractivity contribution in [3.05, 3.63) is 36.0 Å². The topological polar surface area (TPSA) is 47.0 Å². The first-order valence-corrected chi connectivity index (χ1v) is 6.94. The largest absolute Gasteiger partial charge is 0.494 e. The first-order valence-electron chi connectivity index (χ1n) is 6.94. The van der Waals surface area contributed by atoms with E-state index in [4.69, 9.17) is 4.74 Å². The van der Waals surface area contributed by atoms with Crippen LogP contribution < -0.4 is 10.1 Å². The summed E-state index contributed by atoms with van der Waals surface area (Å²) in [7, 11) is 1.87. The molecule has 0 amide bonds. The molecular formula is C16H21N3O. The van der Waals surface area contributed by atoms with Gasteiger partial charge in [-0.15, -0.1) is 0 Å². The average molecular weight is 271 g/mol. The van der Waals surface area contributed by atoms with E-state index >= 15 is 0 Å². The Bertz CT molecular complexity index is 564. The molecule has 4 heteroatoms. The Kier molecular flexibility index (Phi) is 4.56. The van der Waals surface area contributed by atoms with Crippen LogP contribution in [0.15, 0.2) is 30.3 Å². The predicted octanol–water partition coefficient (Wildman–Crippen LogP) is 3.71. The van der Waals surface area contributed by atoms with Gasteiger partial charge in [-0.25, -0.2) is 9.97 Å². The molecule has 1 aromatic heterocycles. The lowest BCUT2D eigenvalue weighted by Crippen LogP contribution is -2.02. The van der Waals surface area contributed by atoms with E-state index in [9.17, 15) is 0 Å². The molecule has 2 aromatic rings. The Balaban J connectivity index is 2.37. The molecule has 1 aromatic carbocycles. The first-order chi connectivity index (χ1) is 9.63. The van der Waals surface area contributed by atoms with Crippen LogP contribution in [-0.4, -0.2) is 23.6 Å². The molecule has 0 radical (unpaired) electrons. The molecule has 2 rings (SSSR count). The first kappa shape index (κ1) is 14.3. The summed E-state index contributed by atoms with van der Waals surface area (Å²) in [6.07, 6.45) is 0. The van der Waals surface area contributed by atoms with Crippen LogP contribution in [0.25, 0.3) is 11.4 Å². The molecule has 0 atom stereocenters. The average Bonchev–Trinajstić information content (AvgIpc) is 2.47. The Morgan fingerprint density at radius 1 is 1.15 bits per heavy atom. The summed E-state index contributed by atoms with van der Waals surface area (Å²) in [6.45, 7) is 6.90. The van der Waals surface area contributed by atoms with E-state index in [1.807, 2.05) is 44.3 Å². The highest BCUT2D eigenvalue weighted by atomic mass is 16.5. The van der Waals surface area contributed by atoms with Crippen molar-refractivity contribution in [3.8, 4) is 17.1 Å². The Morgan fingerprint density at radius 3 is 2.40 bits per heavy atom. The lowest BCUT2D eigenvalue weighted by atomic mass is 10.1. The number of ether oxygens (including phenoxy) is 1. The summed E-state index contributed by atoms with van der Waals surface area (Å²) in [5.74, 6) is 2.81. The fourth-order valence-corrected chi connectivity index (χ4v) is 1.89. The second-order valence-electron chi connectivity index (χ2n) is 4.86.